The number of quaternary nitrogens is 2. The number of nitrogens with two attached hydrogens (primary N) is 1. The molecular weight excluding hydrogens is 172 g/mol. The molecule has 0 amide bonds. The summed E-state index contributed by atoms with van der Waals surface area (Å²) in [5, 5.41) is 2.45. The number of rotatable bonds is 0. The number of nitrogens with one attached hydrogen (secondary N) is 1. The minimum Gasteiger partial charge on any atom is -0.337 e. The maximum Gasteiger partial charge on any atom is 0.163 e. The highest BCUT2D eigenvalue weighted by Gasteiger charge is 2.34. The van der Waals surface area contributed by atoms with Crippen molar-refractivity contribution in [3.8, 4) is 0 Å². The summed E-state index contributed by atoms with van der Waals surface area (Å²) in [4.78, 5) is 1.70. The van der Waals surface area contributed by atoms with Crippen molar-refractivity contribution in [1.82, 2.24) is 0 Å². The molecule has 2 heterocycles. The number of benzene rings is 1. The molecule has 0 aromatic heterocycles. The number of hydrogen-bond acceptors (Lipinski definition) is 0. The van der Waals surface area contributed by atoms with Gasteiger partial charge in [0.05, 0.1) is 13.6 Å². The van der Waals surface area contributed by atoms with Crippen LogP contribution in [-0.4, -0.2) is 20.1 Å². The predicted molar refractivity (Wildman–Crippen MR) is 55.1 cm³/mol. The van der Waals surface area contributed by atoms with Gasteiger partial charge in [0.25, 0.3) is 0 Å². The molecular formula is C12H18N2+2. The van der Waals surface area contributed by atoms with Crippen molar-refractivity contribution in [2.24, 2.45) is 0 Å². The third-order valence-electron chi connectivity index (χ3n) is 3.79. The van der Waals surface area contributed by atoms with Crippen molar-refractivity contribution < 1.29 is 10.2 Å². The van der Waals surface area contributed by atoms with E-state index in [1.165, 1.54) is 26.1 Å². The van der Waals surface area contributed by atoms with Crippen LogP contribution in [0.4, 0.5) is 0 Å². The van der Waals surface area contributed by atoms with Crippen LogP contribution in [0.1, 0.15) is 22.7 Å². The van der Waals surface area contributed by atoms with Gasteiger partial charge in [-0.1, -0.05) is 18.2 Å². The molecule has 0 aliphatic carbocycles. The van der Waals surface area contributed by atoms with Gasteiger partial charge in [0.1, 0.15) is 13.1 Å². The van der Waals surface area contributed by atoms with E-state index < -0.39 is 0 Å². The second-order valence-electron chi connectivity index (χ2n) is 4.62. The Labute approximate surface area is 84.9 Å². The summed E-state index contributed by atoms with van der Waals surface area (Å²) in [7, 11) is 2.34. The molecule has 0 bridgehead atoms. The molecule has 2 heteroatoms. The summed E-state index contributed by atoms with van der Waals surface area (Å²) < 4.78 is 0. The van der Waals surface area contributed by atoms with E-state index in [0.717, 1.165) is 6.04 Å². The summed E-state index contributed by atoms with van der Waals surface area (Å²) in [6.07, 6.45) is 1.27. The Balaban J connectivity index is 2.17. The molecule has 0 spiro atoms. The van der Waals surface area contributed by atoms with Crippen LogP contribution in [0, 0.1) is 0 Å². The van der Waals surface area contributed by atoms with E-state index >= 15 is 0 Å². The molecule has 2 aliphatic rings. The Kier molecular flexibility index (Phi) is 1.85. The average molecular weight is 190 g/mol. The molecule has 1 aromatic rings. The molecule has 0 saturated heterocycles. The quantitative estimate of drug-likeness (QED) is 0.517. The average Bonchev–Trinajstić information content (AvgIpc) is 2.24. The summed E-state index contributed by atoms with van der Waals surface area (Å²) in [5.41, 5.74) is 4.88. The normalized spacial score (nSPS) is 29.8. The van der Waals surface area contributed by atoms with Crippen LogP contribution in [0.2, 0.25) is 0 Å². The zero-order chi connectivity index (χ0) is 9.54. The Morgan fingerprint density at radius 1 is 1.36 bits per heavy atom. The van der Waals surface area contributed by atoms with Crippen LogP contribution in [0.25, 0.3) is 0 Å². The predicted octanol–water partition coefficient (Wildman–Crippen LogP) is -1.12. The lowest BCUT2D eigenvalue weighted by Gasteiger charge is -2.34. The smallest absolute Gasteiger partial charge is 0.163 e. The third kappa shape index (κ3) is 1.11. The molecule has 3 N–H and O–H groups in total. The fourth-order valence-electron chi connectivity index (χ4n) is 2.99. The van der Waals surface area contributed by atoms with Crippen molar-refractivity contribution in [2.75, 3.05) is 20.1 Å². The molecule has 1 aromatic carbocycles. The first kappa shape index (κ1) is 8.45. The van der Waals surface area contributed by atoms with Gasteiger partial charge in [-0.25, -0.2) is 0 Å². The Morgan fingerprint density at radius 2 is 2.21 bits per heavy atom. The first-order chi connectivity index (χ1) is 6.86. The fraction of sp³-hybridized carbons (Fsp3) is 0.500. The minimum absolute atomic E-state index is 0.753. The highest BCUT2D eigenvalue weighted by Crippen LogP contribution is 2.24. The van der Waals surface area contributed by atoms with Crippen LogP contribution in [0.5, 0.6) is 0 Å². The van der Waals surface area contributed by atoms with Gasteiger partial charge in [-0.15, -0.1) is 0 Å². The summed E-state index contributed by atoms with van der Waals surface area (Å²) in [5.74, 6) is 0. The van der Waals surface area contributed by atoms with E-state index in [4.69, 9.17) is 0 Å². The molecule has 2 atom stereocenters. The Bertz CT molecular complexity index is 345. The van der Waals surface area contributed by atoms with Gasteiger partial charge in [0.15, 0.2) is 6.04 Å². The van der Waals surface area contributed by atoms with E-state index in [9.17, 15) is 0 Å². The second kappa shape index (κ2) is 3.07. The van der Waals surface area contributed by atoms with Crippen molar-refractivity contribution in [3.05, 3.63) is 34.9 Å². The lowest BCUT2D eigenvalue weighted by molar-refractivity contribution is -0.932. The Hall–Kier alpha value is -0.860. The molecule has 1 unspecified atom stereocenters. The van der Waals surface area contributed by atoms with Crippen molar-refractivity contribution in [2.45, 2.75) is 19.0 Å². The van der Waals surface area contributed by atoms with Crippen molar-refractivity contribution >= 4 is 0 Å². The SMILES string of the molecule is C[NH+]1CCc2cccc3c2[C@H]1C[NH2+]C3. The van der Waals surface area contributed by atoms with Crippen LogP contribution in [-0.2, 0) is 13.0 Å². The lowest BCUT2D eigenvalue weighted by atomic mass is 9.87. The van der Waals surface area contributed by atoms with E-state index in [-0.39, 0.29) is 0 Å². The molecule has 0 saturated carbocycles. The van der Waals surface area contributed by atoms with Crippen LogP contribution in [0.3, 0.4) is 0 Å². The van der Waals surface area contributed by atoms with Gasteiger partial charge in [0, 0.05) is 17.5 Å². The first-order valence-corrected chi connectivity index (χ1v) is 5.61. The van der Waals surface area contributed by atoms with Crippen LogP contribution < -0.4 is 10.2 Å². The molecule has 2 nitrogen and oxygen atoms in total. The van der Waals surface area contributed by atoms with Crippen molar-refractivity contribution in [1.29, 1.82) is 0 Å². The van der Waals surface area contributed by atoms with Gasteiger partial charge in [-0.3, -0.25) is 0 Å². The van der Waals surface area contributed by atoms with Crippen LogP contribution >= 0.6 is 0 Å². The zero-order valence-corrected chi connectivity index (χ0v) is 8.72. The van der Waals surface area contributed by atoms with Gasteiger partial charge < -0.3 is 10.2 Å². The van der Waals surface area contributed by atoms with E-state index in [2.05, 4.69) is 30.6 Å². The van der Waals surface area contributed by atoms with Gasteiger partial charge >= 0.3 is 0 Å². The van der Waals surface area contributed by atoms with E-state index in [1.54, 1.807) is 21.6 Å². The number of hydrogen-bond donors (Lipinski definition) is 2. The van der Waals surface area contributed by atoms with Gasteiger partial charge in [0.2, 0.25) is 0 Å². The van der Waals surface area contributed by atoms with Crippen LogP contribution in [0.15, 0.2) is 18.2 Å². The summed E-state index contributed by atoms with van der Waals surface area (Å²) >= 11 is 0. The highest BCUT2D eigenvalue weighted by molar-refractivity contribution is 5.38. The maximum absolute atomic E-state index is 2.45. The summed E-state index contributed by atoms with van der Waals surface area (Å²) in [6.45, 7) is 3.76. The first-order valence-electron chi connectivity index (χ1n) is 5.61. The topological polar surface area (TPSA) is 21.1 Å². The molecule has 0 fully saturated rings. The largest absolute Gasteiger partial charge is 0.337 e. The molecule has 74 valence electrons. The van der Waals surface area contributed by atoms with E-state index in [0.29, 0.717) is 0 Å². The molecule has 14 heavy (non-hydrogen) atoms. The monoisotopic (exact) mass is 190 g/mol. The summed E-state index contributed by atoms with van der Waals surface area (Å²) in [6, 6.07) is 7.61. The Morgan fingerprint density at radius 3 is 3.14 bits per heavy atom. The highest BCUT2D eigenvalue weighted by atomic mass is 15.2. The zero-order valence-electron chi connectivity index (χ0n) is 8.72. The van der Waals surface area contributed by atoms with E-state index in [1.807, 2.05) is 0 Å². The van der Waals surface area contributed by atoms with Crippen molar-refractivity contribution in [3.63, 3.8) is 0 Å². The molecule has 0 radical (unpaired) electrons. The van der Waals surface area contributed by atoms with Gasteiger partial charge in [-0.2, -0.15) is 0 Å². The second-order valence-corrected chi connectivity index (χ2v) is 4.62. The minimum atomic E-state index is 0.753. The third-order valence-corrected chi connectivity index (χ3v) is 3.79. The molecule has 2 aliphatic heterocycles. The maximum atomic E-state index is 2.45. The van der Waals surface area contributed by atoms with Gasteiger partial charge in [-0.05, 0) is 5.56 Å². The lowest BCUT2D eigenvalue weighted by Crippen LogP contribution is -3.14. The molecule has 3 rings (SSSR count). The standard InChI is InChI=1S/C12H16N2/c1-14-6-5-9-3-2-4-10-7-13-8-11(14)12(9)10/h2-4,11,13H,5-8H2,1H3/p+2/t11-/m1/s1. The number of likely N-dealkylation sites (N-methyl/N-ethyl adjacent to an activating group) is 1. The fourth-order valence-corrected chi connectivity index (χ4v) is 2.99.